The second-order valence-corrected chi connectivity index (χ2v) is 7.93. The van der Waals surface area contributed by atoms with Crippen molar-refractivity contribution >= 4 is 11.9 Å². The summed E-state index contributed by atoms with van der Waals surface area (Å²) in [6.07, 6.45) is -0.242. The molecule has 1 aromatic rings. The van der Waals surface area contributed by atoms with Gasteiger partial charge in [-0.2, -0.15) is 0 Å². The molecule has 0 radical (unpaired) electrons. The maximum atomic E-state index is 12.3. The molecule has 4 nitrogen and oxygen atoms in total. The first-order chi connectivity index (χ1) is 11.4. The van der Waals surface area contributed by atoms with E-state index >= 15 is 0 Å². The molecular weight excluding hydrogens is 316 g/mol. The zero-order chi connectivity index (χ0) is 19.4. The van der Waals surface area contributed by atoms with Crippen LogP contribution in [0.2, 0.25) is 0 Å². The number of hydrogen-bond acceptors (Lipinski definition) is 4. The number of carbonyl (C=O) groups is 2. The maximum absolute atomic E-state index is 12.3. The van der Waals surface area contributed by atoms with E-state index < -0.39 is 11.5 Å². The number of benzene rings is 1. The first-order valence-corrected chi connectivity index (χ1v) is 8.90. The predicted octanol–water partition coefficient (Wildman–Crippen LogP) is 4.71. The molecule has 0 aromatic heterocycles. The highest BCUT2D eigenvalue weighted by atomic mass is 16.6. The molecule has 0 bridgehead atoms. The number of aryl methyl sites for hydroxylation is 2. The van der Waals surface area contributed by atoms with Crippen molar-refractivity contribution in [2.75, 3.05) is 0 Å². The Morgan fingerprint density at radius 3 is 2.04 bits per heavy atom. The molecule has 1 rings (SSSR count). The smallest absolute Gasteiger partial charge is 0.309 e. The van der Waals surface area contributed by atoms with Crippen molar-refractivity contribution in [2.24, 2.45) is 5.92 Å². The Bertz CT molecular complexity index is 593. The van der Waals surface area contributed by atoms with Crippen LogP contribution in [0.4, 0.5) is 0 Å². The number of hydrogen-bond donors (Lipinski definition) is 0. The SMILES string of the molecule is Cc1cccc(C)c1[C@@H](C)[C@@H](C)OC(=O)[C@H](C)CC(=O)OC(C)(C)C. The van der Waals surface area contributed by atoms with Crippen molar-refractivity contribution in [1.82, 2.24) is 0 Å². The van der Waals surface area contributed by atoms with E-state index in [4.69, 9.17) is 9.47 Å². The topological polar surface area (TPSA) is 52.6 Å². The molecule has 0 spiro atoms. The van der Waals surface area contributed by atoms with Crippen LogP contribution in [0.3, 0.4) is 0 Å². The van der Waals surface area contributed by atoms with Crippen LogP contribution in [0.5, 0.6) is 0 Å². The summed E-state index contributed by atoms with van der Waals surface area (Å²) in [5.41, 5.74) is 3.04. The first-order valence-electron chi connectivity index (χ1n) is 8.90. The van der Waals surface area contributed by atoms with E-state index in [1.807, 2.05) is 33.8 Å². The van der Waals surface area contributed by atoms with Gasteiger partial charge in [0.2, 0.25) is 0 Å². The molecule has 0 saturated heterocycles. The van der Waals surface area contributed by atoms with Crippen molar-refractivity contribution in [2.45, 2.75) is 79.4 Å². The highest BCUT2D eigenvalue weighted by Gasteiger charge is 2.27. The number of rotatable bonds is 6. The summed E-state index contributed by atoms with van der Waals surface area (Å²) in [6, 6.07) is 6.16. The Hall–Kier alpha value is -1.84. The van der Waals surface area contributed by atoms with Gasteiger partial charge in [0.25, 0.3) is 0 Å². The van der Waals surface area contributed by atoms with Crippen molar-refractivity contribution in [1.29, 1.82) is 0 Å². The summed E-state index contributed by atoms with van der Waals surface area (Å²) < 4.78 is 10.9. The van der Waals surface area contributed by atoms with Gasteiger partial charge in [-0.25, -0.2) is 0 Å². The highest BCUT2D eigenvalue weighted by Crippen LogP contribution is 2.28. The third-order valence-electron chi connectivity index (χ3n) is 4.30. The lowest BCUT2D eigenvalue weighted by Crippen LogP contribution is -2.29. The summed E-state index contributed by atoms with van der Waals surface area (Å²) in [4.78, 5) is 24.2. The highest BCUT2D eigenvalue weighted by molar-refractivity contribution is 5.80. The summed E-state index contributed by atoms with van der Waals surface area (Å²) in [7, 11) is 0. The average molecular weight is 348 g/mol. The van der Waals surface area contributed by atoms with Crippen LogP contribution in [0.1, 0.15) is 70.6 Å². The Morgan fingerprint density at radius 1 is 1.04 bits per heavy atom. The minimum absolute atomic E-state index is 0.0284. The van der Waals surface area contributed by atoms with Crippen molar-refractivity contribution in [3.05, 3.63) is 34.9 Å². The van der Waals surface area contributed by atoms with Crippen LogP contribution in [0.25, 0.3) is 0 Å². The Kier molecular flexibility index (Phi) is 7.21. The third-order valence-corrected chi connectivity index (χ3v) is 4.30. The average Bonchev–Trinajstić information content (AvgIpc) is 2.44. The van der Waals surface area contributed by atoms with E-state index in [1.54, 1.807) is 6.92 Å². The molecule has 4 heteroatoms. The van der Waals surface area contributed by atoms with Gasteiger partial charge < -0.3 is 9.47 Å². The van der Waals surface area contributed by atoms with Crippen LogP contribution >= 0.6 is 0 Å². The second kappa shape index (κ2) is 8.50. The molecular formula is C21H32O4. The first kappa shape index (κ1) is 21.2. The molecule has 0 heterocycles. The largest absolute Gasteiger partial charge is 0.462 e. The molecule has 0 aliphatic carbocycles. The molecule has 25 heavy (non-hydrogen) atoms. The van der Waals surface area contributed by atoms with Crippen molar-refractivity contribution in [3.63, 3.8) is 0 Å². The van der Waals surface area contributed by atoms with E-state index in [2.05, 4.69) is 32.9 Å². The molecule has 0 fully saturated rings. The number of esters is 2. The molecule has 0 N–H and O–H groups in total. The summed E-state index contributed by atoms with van der Waals surface area (Å²) in [5.74, 6) is -1.19. The van der Waals surface area contributed by atoms with Gasteiger partial charge in [-0.1, -0.05) is 32.0 Å². The Labute approximate surface area is 151 Å². The molecule has 0 aliphatic heterocycles. The lowest BCUT2D eigenvalue weighted by molar-refractivity contribution is -0.163. The van der Waals surface area contributed by atoms with Crippen LogP contribution in [-0.2, 0) is 19.1 Å². The zero-order valence-electron chi connectivity index (χ0n) is 16.8. The Morgan fingerprint density at radius 2 is 1.56 bits per heavy atom. The van der Waals surface area contributed by atoms with E-state index in [1.165, 1.54) is 16.7 Å². The third kappa shape index (κ3) is 6.52. The monoisotopic (exact) mass is 348 g/mol. The van der Waals surface area contributed by atoms with Gasteiger partial charge >= 0.3 is 11.9 Å². The van der Waals surface area contributed by atoms with E-state index in [9.17, 15) is 9.59 Å². The van der Waals surface area contributed by atoms with Gasteiger partial charge in [-0.15, -0.1) is 0 Å². The Balaban J connectivity index is 2.68. The molecule has 140 valence electrons. The van der Waals surface area contributed by atoms with Gasteiger partial charge in [-0.05, 0) is 58.2 Å². The molecule has 0 unspecified atom stereocenters. The fourth-order valence-electron chi connectivity index (χ4n) is 2.90. The second-order valence-electron chi connectivity index (χ2n) is 7.93. The predicted molar refractivity (Wildman–Crippen MR) is 99.5 cm³/mol. The number of ether oxygens (including phenoxy) is 2. The zero-order valence-corrected chi connectivity index (χ0v) is 16.8. The fraction of sp³-hybridized carbons (Fsp3) is 0.619. The normalized spacial score (nSPS) is 15.2. The quantitative estimate of drug-likeness (QED) is 0.699. The summed E-state index contributed by atoms with van der Waals surface area (Å²) >= 11 is 0. The minimum atomic E-state index is -0.551. The van der Waals surface area contributed by atoms with Gasteiger partial charge in [0, 0.05) is 5.92 Å². The van der Waals surface area contributed by atoms with E-state index in [0.717, 1.165) is 0 Å². The summed E-state index contributed by atoms with van der Waals surface area (Å²) in [5, 5.41) is 0. The molecule has 0 aliphatic rings. The lowest BCUT2D eigenvalue weighted by Gasteiger charge is -2.25. The molecule has 0 saturated carbocycles. The fourth-order valence-corrected chi connectivity index (χ4v) is 2.90. The van der Waals surface area contributed by atoms with E-state index in [-0.39, 0.29) is 30.4 Å². The lowest BCUT2D eigenvalue weighted by atomic mass is 9.89. The van der Waals surface area contributed by atoms with Crippen LogP contribution in [0.15, 0.2) is 18.2 Å². The van der Waals surface area contributed by atoms with Crippen LogP contribution < -0.4 is 0 Å². The molecule has 3 atom stereocenters. The van der Waals surface area contributed by atoms with E-state index in [0.29, 0.717) is 0 Å². The maximum Gasteiger partial charge on any atom is 0.309 e. The van der Waals surface area contributed by atoms with Gasteiger partial charge in [0.1, 0.15) is 11.7 Å². The molecule has 1 aromatic carbocycles. The van der Waals surface area contributed by atoms with Gasteiger partial charge in [0.05, 0.1) is 12.3 Å². The number of carbonyl (C=O) groups excluding carboxylic acids is 2. The summed E-state index contributed by atoms with van der Waals surface area (Å²) in [6.45, 7) is 15.2. The van der Waals surface area contributed by atoms with Gasteiger partial charge in [-0.3, -0.25) is 9.59 Å². The molecule has 0 amide bonds. The van der Waals surface area contributed by atoms with Crippen LogP contribution in [-0.4, -0.2) is 23.6 Å². The van der Waals surface area contributed by atoms with Crippen molar-refractivity contribution < 1.29 is 19.1 Å². The van der Waals surface area contributed by atoms with Gasteiger partial charge in [0.15, 0.2) is 0 Å². The van der Waals surface area contributed by atoms with Crippen LogP contribution in [0, 0.1) is 19.8 Å². The van der Waals surface area contributed by atoms with Crippen molar-refractivity contribution in [3.8, 4) is 0 Å². The standard InChI is InChI=1S/C21H32O4/c1-13-10-9-11-14(2)19(13)16(4)17(5)24-20(23)15(3)12-18(22)25-21(6,7)8/h9-11,15-17H,12H2,1-8H3/t15-,16+,17-/m1/s1. The minimum Gasteiger partial charge on any atom is -0.462 e.